The predicted molar refractivity (Wildman–Crippen MR) is 116 cm³/mol. The van der Waals surface area contributed by atoms with Crippen molar-refractivity contribution in [2.24, 2.45) is 20.0 Å². The van der Waals surface area contributed by atoms with Gasteiger partial charge in [-0.1, -0.05) is 19.3 Å². The fraction of sp³-hybridized carbons (Fsp3) is 0.409. The Morgan fingerprint density at radius 2 is 1.81 bits per heavy atom. The van der Waals surface area contributed by atoms with E-state index in [4.69, 9.17) is 0 Å². The first-order chi connectivity index (χ1) is 15.0. The second-order valence-corrected chi connectivity index (χ2v) is 8.02. The quantitative estimate of drug-likeness (QED) is 0.636. The molecule has 1 aromatic carbocycles. The van der Waals surface area contributed by atoms with Gasteiger partial charge in [-0.15, -0.1) is 10.2 Å². The number of rotatable bonds is 6. The van der Waals surface area contributed by atoms with Crippen molar-refractivity contribution in [2.45, 2.75) is 38.1 Å². The van der Waals surface area contributed by atoms with Crippen LogP contribution >= 0.6 is 0 Å². The molecule has 9 heteroatoms. The third kappa shape index (κ3) is 4.65. The van der Waals surface area contributed by atoms with Crippen LogP contribution in [0.3, 0.4) is 0 Å². The molecule has 0 bridgehead atoms. The van der Waals surface area contributed by atoms with Gasteiger partial charge < -0.3 is 15.2 Å². The van der Waals surface area contributed by atoms with Crippen LogP contribution in [0.1, 0.15) is 42.6 Å². The molecule has 162 valence electrons. The van der Waals surface area contributed by atoms with Crippen LogP contribution in [0.25, 0.3) is 11.4 Å². The SMILES string of the molecule is Cn1cnnc1-c1ccc(NC(=O)C(NC(=O)c2ccnn2C)C2CCCCC2)cc1. The van der Waals surface area contributed by atoms with Gasteiger partial charge in [0, 0.05) is 31.5 Å². The van der Waals surface area contributed by atoms with Crippen LogP contribution in [-0.2, 0) is 18.9 Å². The van der Waals surface area contributed by atoms with E-state index >= 15 is 0 Å². The second-order valence-electron chi connectivity index (χ2n) is 8.02. The lowest BCUT2D eigenvalue weighted by Gasteiger charge is -2.30. The molecule has 3 aromatic rings. The number of carbonyl (C=O) groups excluding carboxylic acids is 2. The number of nitrogens with one attached hydrogen (secondary N) is 2. The fourth-order valence-electron chi connectivity index (χ4n) is 4.14. The van der Waals surface area contributed by atoms with E-state index in [1.807, 2.05) is 35.9 Å². The van der Waals surface area contributed by atoms with Crippen LogP contribution in [0.5, 0.6) is 0 Å². The third-order valence-electron chi connectivity index (χ3n) is 5.87. The average Bonchev–Trinajstić information content (AvgIpc) is 3.41. The topological polar surface area (TPSA) is 107 Å². The van der Waals surface area contributed by atoms with Crippen molar-refractivity contribution >= 4 is 17.5 Å². The lowest BCUT2D eigenvalue weighted by molar-refractivity contribution is -0.119. The van der Waals surface area contributed by atoms with Crippen molar-refractivity contribution in [3.05, 3.63) is 48.5 Å². The minimum absolute atomic E-state index is 0.115. The Kier molecular flexibility index (Phi) is 6.11. The molecule has 0 saturated heterocycles. The van der Waals surface area contributed by atoms with Crippen LogP contribution in [0, 0.1) is 5.92 Å². The van der Waals surface area contributed by atoms with Gasteiger partial charge >= 0.3 is 0 Å². The van der Waals surface area contributed by atoms with Crippen LogP contribution in [0.2, 0.25) is 0 Å². The predicted octanol–water partition coefficient (Wildman–Crippen LogP) is 2.53. The maximum absolute atomic E-state index is 13.2. The molecule has 1 unspecified atom stereocenters. The van der Waals surface area contributed by atoms with Crippen LogP contribution in [0.4, 0.5) is 5.69 Å². The first-order valence-electron chi connectivity index (χ1n) is 10.6. The smallest absolute Gasteiger partial charge is 0.270 e. The largest absolute Gasteiger partial charge is 0.339 e. The van der Waals surface area contributed by atoms with Gasteiger partial charge in [0.1, 0.15) is 18.1 Å². The minimum Gasteiger partial charge on any atom is -0.339 e. The molecule has 2 N–H and O–H groups in total. The van der Waals surface area contributed by atoms with Gasteiger partial charge in [0.2, 0.25) is 5.91 Å². The van der Waals surface area contributed by atoms with E-state index in [1.165, 1.54) is 11.1 Å². The molecule has 2 aromatic heterocycles. The zero-order valence-electron chi connectivity index (χ0n) is 17.8. The van der Waals surface area contributed by atoms with Gasteiger partial charge in [-0.3, -0.25) is 14.3 Å². The summed E-state index contributed by atoms with van der Waals surface area (Å²) in [6, 6.07) is 8.51. The first-order valence-corrected chi connectivity index (χ1v) is 10.6. The molecule has 0 spiro atoms. The molecule has 1 aliphatic carbocycles. The van der Waals surface area contributed by atoms with Crippen molar-refractivity contribution in [3.63, 3.8) is 0 Å². The summed E-state index contributed by atoms with van der Waals surface area (Å²) < 4.78 is 3.34. The van der Waals surface area contributed by atoms with Gasteiger partial charge in [0.05, 0.1) is 0 Å². The molecule has 1 saturated carbocycles. The van der Waals surface area contributed by atoms with Gasteiger partial charge in [-0.2, -0.15) is 5.10 Å². The standard InChI is InChI=1S/C22H27N7O2/c1-28-14-23-27-20(28)16-8-10-17(11-9-16)25-22(31)19(15-6-4-3-5-7-15)26-21(30)18-12-13-24-29(18)2/h8-15,19H,3-7H2,1-2H3,(H,25,31)(H,26,30). The Morgan fingerprint density at radius 3 is 2.42 bits per heavy atom. The molecular weight excluding hydrogens is 394 g/mol. The average molecular weight is 422 g/mol. The molecule has 0 radical (unpaired) electrons. The lowest BCUT2D eigenvalue weighted by atomic mass is 9.83. The minimum atomic E-state index is -0.596. The number of aryl methyl sites for hydroxylation is 2. The summed E-state index contributed by atoms with van der Waals surface area (Å²) >= 11 is 0. The molecule has 2 heterocycles. The summed E-state index contributed by atoms with van der Waals surface area (Å²) in [7, 11) is 3.59. The van der Waals surface area contributed by atoms with Gasteiger partial charge in [-0.05, 0) is 49.1 Å². The van der Waals surface area contributed by atoms with Crippen molar-refractivity contribution in [1.29, 1.82) is 0 Å². The van der Waals surface area contributed by atoms with Gasteiger partial charge in [0.15, 0.2) is 5.82 Å². The Bertz CT molecular complexity index is 1050. The highest BCUT2D eigenvalue weighted by Gasteiger charge is 2.31. The number of amides is 2. The molecule has 0 aliphatic heterocycles. The second kappa shape index (κ2) is 9.11. The lowest BCUT2D eigenvalue weighted by Crippen LogP contribution is -2.49. The number of anilines is 1. The summed E-state index contributed by atoms with van der Waals surface area (Å²) in [5.41, 5.74) is 2.01. The molecule has 9 nitrogen and oxygen atoms in total. The van der Waals surface area contributed by atoms with E-state index < -0.39 is 6.04 Å². The molecule has 1 atom stereocenters. The van der Waals surface area contributed by atoms with E-state index in [1.54, 1.807) is 25.6 Å². The molecule has 1 fully saturated rings. The normalized spacial score (nSPS) is 15.4. The Hall–Kier alpha value is -3.49. The van der Waals surface area contributed by atoms with Crippen molar-refractivity contribution in [3.8, 4) is 11.4 Å². The highest BCUT2D eigenvalue weighted by molar-refractivity contribution is 6.00. The Balaban J connectivity index is 1.49. The van der Waals surface area contributed by atoms with Crippen LogP contribution < -0.4 is 10.6 Å². The Labute approximate surface area is 180 Å². The number of aromatic nitrogens is 5. The van der Waals surface area contributed by atoms with E-state index in [0.29, 0.717) is 11.4 Å². The summed E-state index contributed by atoms with van der Waals surface area (Å²) in [6.07, 6.45) is 8.38. The fourth-order valence-corrected chi connectivity index (χ4v) is 4.14. The van der Waals surface area contributed by atoms with E-state index in [-0.39, 0.29) is 17.7 Å². The maximum atomic E-state index is 13.2. The highest BCUT2D eigenvalue weighted by atomic mass is 16.2. The van der Waals surface area contributed by atoms with E-state index in [0.717, 1.165) is 37.1 Å². The van der Waals surface area contributed by atoms with E-state index in [9.17, 15) is 9.59 Å². The number of hydrogen-bond donors (Lipinski definition) is 2. The zero-order valence-corrected chi connectivity index (χ0v) is 17.8. The molecular formula is C22H27N7O2. The van der Waals surface area contributed by atoms with E-state index in [2.05, 4.69) is 25.9 Å². The van der Waals surface area contributed by atoms with Crippen LogP contribution in [0.15, 0.2) is 42.9 Å². The summed E-state index contributed by atoms with van der Waals surface area (Å²) in [5, 5.41) is 18.0. The van der Waals surface area contributed by atoms with Crippen molar-refractivity contribution in [1.82, 2.24) is 29.9 Å². The monoisotopic (exact) mass is 421 g/mol. The zero-order chi connectivity index (χ0) is 21.8. The number of nitrogens with zero attached hydrogens (tertiary/aromatic N) is 5. The number of hydrogen-bond acceptors (Lipinski definition) is 5. The van der Waals surface area contributed by atoms with Gasteiger partial charge in [0.25, 0.3) is 5.91 Å². The first kappa shape index (κ1) is 20.8. The molecule has 4 rings (SSSR count). The highest BCUT2D eigenvalue weighted by Crippen LogP contribution is 2.28. The molecule has 1 aliphatic rings. The summed E-state index contributed by atoms with van der Waals surface area (Å²) in [4.78, 5) is 26.0. The molecule has 31 heavy (non-hydrogen) atoms. The number of carbonyl (C=O) groups is 2. The number of benzene rings is 1. The van der Waals surface area contributed by atoms with Crippen molar-refractivity contribution < 1.29 is 9.59 Å². The summed E-state index contributed by atoms with van der Waals surface area (Å²) in [6.45, 7) is 0. The Morgan fingerprint density at radius 1 is 1.06 bits per heavy atom. The van der Waals surface area contributed by atoms with Crippen LogP contribution in [-0.4, -0.2) is 42.4 Å². The van der Waals surface area contributed by atoms with Crippen molar-refractivity contribution in [2.75, 3.05) is 5.32 Å². The third-order valence-corrected chi connectivity index (χ3v) is 5.87. The van der Waals surface area contributed by atoms with Gasteiger partial charge in [-0.25, -0.2) is 0 Å². The molecule has 2 amide bonds. The maximum Gasteiger partial charge on any atom is 0.270 e. The summed E-state index contributed by atoms with van der Waals surface area (Å²) in [5.74, 6) is 0.377.